The quantitative estimate of drug-likeness (QED) is 0.818. The molecular formula is C14H17NO4S2. The van der Waals surface area contributed by atoms with E-state index in [2.05, 4.69) is 0 Å². The van der Waals surface area contributed by atoms with Gasteiger partial charge in [-0.3, -0.25) is 0 Å². The van der Waals surface area contributed by atoms with Crippen molar-refractivity contribution < 1.29 is 17.9 Å². The number of hydrogen-bond donors (Lipinski definition) is 0. The lowest BCUT2D eigenvalue weighted by molar-refractivity contribution is 0.354. The molecule has 0 spiro atoms. The van der Waals surface area contributed by atoms with Gasteiger partial charge < -0.3 is 9.47 Å². The Morgan fingerprint density at radius 3 is 2.43 bits per heavy atom. The molecule has 21 heavy (non-hydrogen) atoms. The topological polar surface area (TPSA) is 55.8 Å². The highest BCUT2D eigenvalue weighted by molar-refractivity contribution is 7.91. The third kappa shape index (κ3) is 3.37. The van der Waals surface area contributed by atoms with Gasteiger partial charge in [-0.25, -0.2) is 8.42 Å². The van der Waals surface area contributed by atoms with Crippen molar-refractivity contribution >= 4 is 21.4 Å². The minimum Gasteiger partial charge on any atom is -0.493 e. The molecule has 0 atom stereocenters. The van der Waals surface area contributed by atoms with Gasteiger partial charge in [0.15, 0.2) is 11.5 Å². The monoisotopic (exact) mass is 327 g/mol. The van der Waals surface area contributed by atoms with E-state index in [4.69, 9.17) is 9.47 Å². The van der Waals surface area contributed by atoms with Crippen LogP contribution in [0.2, 0.25) is 0 Å². The molecule has 0 saturated heterocycles. The highest BCUT2D eigenvalue weighted by atomic mass is 32.2. The summed E-state index contributed by atoms with van der Waals surface area (Å²) in [5, 5.41) is 1.75. The predicted molar refractivity (Wildman–Crippen MR) is 82.5 cm³/mol. The van der Waals surface area contributed by atoms with E-state index in [1.807, 2.05) is 6.07 Å². The highest BCUT2D eigenvalue weighted by Gasteiger charge is 2.22. The lowest BCUT2D eigenvalue weighted by Gasteiger charge is -2.17. The summed E-state index contributed by atoms with van der Waals surface area (Å²) in [6.07, 6.45) is 0. The van der Waals surface area contributed by atoms with E-state index >= 15 is 0 Å². The van der Waals surface area contributed by atoms with Crippen molar-refractivity contribution in [2.45, 2.75) is 10.8 Å². The van der Waals surface area contributed by atoms with Gasteiger partial charge in [-0.05, 0) is 29.1 Å². The molecule has 5 nitrogen and oxygen atoms in total. The zero-order valence-corrected chi connectivity index (χ0v) is 13.7. The molecule has 2 aromatic rings. The normalized spacial score (nSPS) is 11.6. The Balaban J connectivity index is 2.22. The second-order valence-electron chi connectivity index (χ2n) is 4.38. The number of methoxy groups -OCH3 is 2. The maximum Gasteiger partial charge on any atom is 0.252 e. The molecule has 0 bridgehead atoms. The van der Waals surface area contributed by atoms with Gasteiger partial charge in [-0.15, -0.1) is 11.3 Å². The standard InChI is InChI=1S/C14H17NO4S2/c1-15(21(16,17)14-5-4-8-20-14)10-11-6-7-12(18-2)13(9-11)19-3/h4-9H,10H2,1-3H3. The second-order valence-corrected chi connectivity index (χ2v) is 7.60. The first-order valence-corrected chi connectivity index (χ1v) is 8.51. The van der Waals surface area contributed by atoms with E-state index in [9.17, 15) is 8.42 Å². The van der Waals surface area contributed by atoms with Crippen molar-refractivity contribution in [3.05, 3.63) is 41.3 Å². The van der Waals surface area contributed by atoms with Gasteiger partial charge >= 0.3 is 0 Å². The molecule has 1 heterocycles. The molecule has 0 unspecified atom stereocenters. The summed E-state index contributed by atoms with van der Waals surface area (Å²) in [6, 6.07) is 8.69. The van der Waals surface area contributed by atoms with Gasteiger partial charge in [0.25, 0.3) is 10.0 Å². The molecule has 2 rings (SSSR count). The average Bonchev–Trinajstić information content (AvgIpc) is 3.01. The van der Waals surface area contributed by atoms with Crippen molar-refractivity contribution in [3.8, 4) is 11.5 Å². The summed E-state index contributed by atoms with van der Waals surface area (Å²) >= 11 is 1.21. The number of thiophene rings is 1. The van der Waals surface area contributed by atoms with E-state index in [1.54, 1.807) is 50.9 Å². The molecule has 0 aliphatic heterocycles. The van der Waals surface area contributed by atoms with Crippen LogP contribution in [0.15, 0.2) is 39.9 Å². The van der Waals surface area contributed by atoms with Crippen LogP contribution in [0.25, 0.3) is 0 Å². The van der Waals surface area contributed by atoms with Crippen molar-refractivity contribution in [3.63, 3.8) is 0 Å². The summed E-state index contributed by atoms with van der Waals surface area (Å²) in [4.78, 5) is 0. The Kier molecular flexibility index (Phi) is 4.87. The van der Waals surface area contributed by atoms with E-state index in [0.717, 1.165) is 5.56 Å². The second kappa shape index (κ2) is 6.46. The number of sulfonamides is 1. The SMILES string of the molecule is COc1ccc(CN(C)S(=O)(=O)c2cccs2)cc1OC. The smallest absolute Gasteiger partial charge is 0.252 e. The Morgan fingerprint density at radius 1 is 1.14 bits per heavy atom. The van der Waals surface area contributed by atoms with Crippen LogP contribution in [0.4, 0.5) is 0 Å². The summed E-state index contributed by atoms with van der Waals surface area (Å²) in [5.41, 5.74) is 0.829. The Bertz CT molecular complexity index is 696. The lowest BCUT2D eigenvalue weighted by Crippen LogP contribution is -2.25. The van der Waals surface area contributed by atoms with Crippen LogP contribution in [0.3, 0.4) is 0 Å². The number of benzene rings is 1. The Morgan fingerprint density at radius 2 is 1.86 bits per heavy atom. The summed E-state index contributed by atoms with van der Waals surface area (Å²) in [7, 11) is 1.22. The molecule has 0 fully saturated rings. The van der Waals surface area contributed by atoms with Gasteiger partial charge in [-0.2, -0.15) is 4.31 Å². The largest absolute Gasteiger partial charge is 0.493 e. The zero-order valence-electron chi connectivity index (χ0n) is 12.1. The summed E-state index contributed by atoms with van der Waals surface area (Å²) in [5.74, 6) is 1.20. The molecule has 0 saturated carbocycles. The van der Waals surface area contributed by atoms with Gasteiger partial charge in [-0.1, -0.05) is 12.1 Å². The summed E-state index contributed by atoms with van der Waals surface area (Å²) < 4.78 is 36.8. The minimum atomic E-state index is -3.45. The zero-order chi connectivity index (χ0) is 15.5. The van der Waals surface area contributed by atoms with Gasteiger partial charge in [0, 0.05) is 13.6 Å². The van der Waals surface area contributed by atoms with Crippen molar-refractivity contribution in [1.29, 1.82) is 0 Å². The van der Waals surface area contributed by atoms with E-state index < -0.39 is 10.0 Å². The third-order valence-corrected chi connectivity index (χ3v) is 6.19. The van der Waals surface area contributed by atoms with Crippen LogP contribution in [-0.4, -0.2) is 34.0 Å². The molecule has 114 valence electrons. The molecule has 0 aliphatic carbocycles. The molecule has 0 N–H and O–H groups in total. The number of ether oxygens (including phenoxy) is 2. The lowest BCUT2D eigenvalue weighted by atomic mass is 10.2. The van der Waals surface area contributed by atoms with Crippen LogP contribution in [-0.2, 0) is 16.6 Å². The van der Waals surface area contributed by atoms with Gasteiger partial charge in [0.05, 0.1) is 14.2 Å². The van der Waals surface area contributed by atoms with Crippen LogP contribution < -0.4 is 9.47 Å². The fraction of sp³-hybridized carbons (Fsp3) is 0.286. The Hall–Kier alpha value is -1.57. The van der Waals surface area contributed by atoms with Crippen molar-refractivity contribution in [2.24, 2.45) is 0 Å². The van der Waals surface area contributed by atoms with Crippen LogP contribution >= 0.6 is 11.3 Å². The van der Waals surface area contributed by atoms with Crippen LogP contribution in [0.1, 0.15) is 5.56 Å². The number of hydrogen-bond acceptors (Lipinski definition) is 5. The molecule has 1 aromatic carbocycles. The van der Waals surface area contributed by atoms with Crippen molar-refractivity contribution in [2.75, 3.05) is 21.3 Å². The fourth-order valence-corrected chi connectivity index (χ4v) is 4.24. The average molecular weight is 327 g/mol. The number of nitrogens with zero attached hydrogens (tertiary/aromatic N) is 1. The highest BCUT2D eigenvalue weighted by Crippen LogP contribution is 2.29. The fourth-order valence-electron chi connectivity index (χ4n) is 1.88. The summed E-state index contributed by atoms with van der Waals surface area (Å²) in [6.45, 7) is 0.264. The van der Waals surface area contributed by atoms with E-state index in [1.165, 1.54) is 15.6 Å². The maximum atomic E-state index is 12.4. The van der Waals surface area contributed by atoms with E-state index in [0.29, 0.717) is 15.7 Å². The van der Waals surface area contributed by atoms with Gasteiger partial charge in [0.1, 0.15) is 4.21 Å². The predicted octanol–water partition coefficient (Wildman–Crippen LogP) is 2.59. The molecule has 1 aromatic heterocycles. The first-order valence-electron chi connectivity index (χ1n) is 6.19. The molecule has 0 aliphatic rings. The Labute approximate surface area is 128 Å². The molecule has 0 radical (unpaired) electrons. The first kappa shape index (κ1) is 15.8. The third-order valence-electron chi connectivity index (χ3n) is 3.01. The molecule has 0 amide bonds. The number of rotatable bonds is 6. The first-order chi connectivity index (χ1) is 9.98. The van der Waals surface area contributed by atoms with E-state index in [-0.39, 0.29) is 6.54 Å². The maximum absolute atomic E-state index is 12.4. The molecule has 7 heteroatoms. The van der Waals surface area contributed by atoms with Crippen LogP contribution in [0, 0.1) is 0 Å². The molecular weight excluding hydrogens is 310 g/mol. The van der Waals surface area contributed by atoms with Crippen LogP contribution in [0.5, 0.6) is 11.5 Å². The van der Waals surface area contributed by atoms with Gasteiger partial charge in [0.2, 0.25) is 0 Å². The minimum absolute atomic E-state index is 0.264. The van der Waals surface area contributed by atoms with Crippen molar-refractivity contribution in [1.82, 2.24) is 4.31 Å².